The van der Waals surface area contributed by atoms with Gasteiger partial charge in [0.1, 0.15) is 0 Å². The zero-order chi connectivity index (χ0) is 13.5. The number of anilines is 1. The summed E-state index contributed by atoms with van der Waals surface area (Å²) >= 11 is 0. The van der Waals surface area contributed by atoms with E-state index in [-0.39, 0.29) is 5.78 Å². The number of carbonyl (C=O) groups excluding carboxylic acids is 1. The third-order valence-corrected chi connectivity index (χ3v) is 3.16. The van der Waals surface area contributed by atoms with Crippen LogP contribution in [0.2, 0.25) is 0 Å². The third kappa shape index (κ3) is 3.68. The molecule has 0 atom stereocenters. The fraction of sp³-hybridized carbons (Fsp3) is 0.235. The Hall–Kier alpha value is -2.09. The molecule has 2 aromatic rings. The predicted molar refractivity (Wildman–Crippen MR) is 79.7 cm³/mol. The summed E-state index contributed by atoms with van der Waals surface area (Å²) in [4.78, 5) is 11.9. The average Bonchev–Trinajstić information content (AvgIpc) is 2.48. The number of carbonyl (C=O) groups is 1. The summed E-state index contributed by atoms with van der Waals surface area (Å²) in [6.45, 7) is 2.81. The Morgan fingerprint density at radius 2 is 1.68 bits per heavy atom. The Balaban J connectivity index is 1.88. The van der Waals surface area contributed by atoms with Crippen LogP contribution < -0.4 is 5.32 Å². The molecular weight excluding hydrogens is 234 g/mol. The summed E-state index contributed by atoms with van der Waals surface area (Å²) in [5.41, 5.74) is 3.20. The van der Waals surface area contributed by atoms with Gasteiger partial charge in [0.05, 0.1) is 0 Å². The highest BCUT2D eigenvalue weighted by Crippen LogP contribution is 2.15. The van der Waals surface area contributed by atoms with Crippen molar-refractivity contribution in [1.82, 2.24) is 0 Å². The molecule has 0 saturated heterocycles. The first-order chi connectivity index (χ1) is 9.31. The summed E-state index contributed by atoms with van der Waals surface area (Å²) in [6.07, 6.45) is 1.51. The number of rotatable bonds is 6. The smallest absolute Gasteiger partial charge is 0.164 e. The van der Waals surface area contributed by atoms with Crippen molar-refractivity contribution in [1.29, 1.82) is 0 Å². The van der Waals surface area contributed by atoms with E-state index in [0.29, 0.717) is 13.0 Å². The Bertz CT molecular complexity index is 534. The van der Waals surface area contributed by atoms with E-state index < -0.39 is 0 Å². The van der Waals surface area contributed by atoms with Crippen molar-refractivity contribution < 1.29 is 4.79 Å². The lowest BCUT2D eigenvalue weighted by atomic mass is 10.1. The van der Waals surface area contributed by atoms with E-state index in [2.05, 4.69) is 24.4 Å². The number of benzene rings is 2. The fourth-order valence-electron chi connectivity index (χ4n) is 2.08. The minimum atomic E-state index is 0.182. The molecule has 0 aliphatic carbocycles. The fourth-order valence-corrected chi connectivity index (χ4v) is 2.08. The first kappa shape index (κ1) is 13.3. The Kier molecular flexibility index (Phi) is 4.73. The second-order valence-corrected chi connectivity index (χ2v) is 4.48. The van der Waals surface area contributed by atoms with Crippen molar-refractivity contribution in [2.75, 3.05) is 11.9 Å². The molecule has 19 heavy (non-hydrogen) atoms. The molecule has 0 radical (unpaired) electrons. The highest BCUT2D eigenvalue weighted by molar-refractivity contribution is 5.96. The van der Waals surface area contributed by atoms with Gasteiger partial charge in [-0.1, -0.05) is 55.5 Å². The third-order valence-electron chi connectivity index (χ3n) is 3.16. The van der Waals surface area contributed by atoms with Crippen LogP contribution in [0.3, 0.4) is 0 Å². The number of hydrogen-bond acceptors (Lipinski definition) is 2. The van der Waals surface area contributed by atoms with Gasteiger partial charge in [-0.05, 0) is 18.1 Å². The number of hydrogen-bond donors (Lipinski definition) is 1. The number of Topliss-reactive ketones (excluding diaryl/α,β-unsaturated/α-hetero) is 1. The molecule has 0 bridgehead atoms. The molecule has 0 heterocycles. The molecule has 2 nitrogen and oxygen atoms in total. The van der Waals surface area contributed by atoms with Gasteiger partial charge in [-0.25, -0.2) is 0 Å². The molecule has 0 aliphatic rings. The Morgan fingerprint density at radius 3 is 2.42 bits per heavy atom. The molecule has 0 aliphatic heterocycles. The van der Waals surface area contributed by atoms with E-state index in [0.717, 1.165) is 17.7 Å². The van der Waals surface area contributed by atoms with E-state index in [1.54, 1.807) is 0 Å². The van der Waals surface area contributed by atoms with Gasteiger partial charge in [0, 0.05) is 24.2 Å². The lowest BCUT2D eigenvalue weighted by Gasteiger charge is -2.10. The van der Waals surface area contributed by atoms with Crippen LogP contribution in [-0.4, -0.2) is 12.3 Å². The lowest BCUT2D eigenvalue weighted by molar-refractivity contribution is 0.0986. The van der Waals surface area contributed by atoms with E-state index in [9.17, 15) is 4.79 Å². The maximum atomic E-state index is 11.9. The van der Waals surface area contributed by atoms with Gasteiger partial charge in [0.15, 0.2) is 5.78 Å². The molecule has 1 N–H and O–H groups in total. The van der Waals surface area contributed by atoms with Crippen molar-refractivity contribution in [2.45, 2.75) is 19.8 Å². The minimum absolute atomic E-state index is 0.182. The molecule has 0 aromatic heterocycles. The van der Waals surface area contributed by atoms with Crippen LogP contribution >= 0.6 is 0 Å². The largest absolute Gasteiger partial charge is 0.384 e. The maximum Gasteiger partial charge on any atom is 0.164 e. The minimum Gasteiger partial charge on any atom is -0.384 e. The van der Waals surface area contributed by atoms with Crippen LogP contribution in [0.15, 0.2) is 54.6 Å². The normalized spacial score (nSPS) is 10.2. The molecule has 0 spiro atoms. The van der Waals surface area contributed by atoms with Crippen LogP contribution in [0, 0.1) is 0 Å². The van der Waals surface area contributed by atoms with Gasteiger partial charge in [-0.3, -0.25) is 4.79 Å². The van der Waals surface area contributed by atoms with E-state index in [1.165, 1.54) is 5.56 Å². The SMILES string of the molecule is CCc1ccccc1NCCC(=O)c1ccccc1. The van der Waals surface area contributed by atoms with Gasteiger partial charge in [-0.15, -0.1) is 0 Å². The van der Waals surface area contributed by atoms with E-state index in [4.69, 9.17) is 0 Å². The monoisotopic (exact) mass is 253 g/mol. The van der Waals surface area contributed by atoms with Crippen molar-refractivity contribution in [3.63, 3.8) is 0 Å². The van der Waals surface area contributed by atoms with Crippen molar-refractivity contribution in [2.24, 2.45) is 0 Å². The van der Waals surface area contributed by atoms with Crippen molar-refractivity contribution in [3.05, 3.63) is 65.7 Å². The summed E-state index contributed by atoms with van der Waals surface area (Å²) < 4.78 is 0. The van der Waals surface area contributed by atoms with Crippen LogP contribution in [0.5, 0.6) is 0 Å². The van der Waals surface area contributed by atoms with Gasteiger partial charge in [0.2, 0.25) is 0 Å². The van der Waals surface area contributed by atoms with Crippen molar-refractivity contribution in [3.8, 4) is 0 Å². The molecule has 0 saturated carbocycles. The molecule has 0 unspecified atom stereocenters. The topological polar surface area (TPSA) is 29.1 Å². The van der Waals surface area contributed by atoms with Crippen LogP contribution in [0.4, 0.5) is 5.69 Å². The number of para-hydroxylation sites is 1. The number of nitrogens with one attached hydrogen (secondary N) is 1. The molecule has 0 amide bonds. The second-order valence-electron chi connectivity index (χ2n) is 4.48. The van der Waals surface area contributed by atoms with Gasteiger partial charge in [0.25, 0.3) is 0 Å². The second kappa shape index (κ2) is 6.74. The quantitative estimate of drug-likeness (QED) is 0.790. The standard InChI is InChI=1S/C17H19NO/c1-2-14-8-6-7-11-16(14)18-13-12-17(19)15-9-4-3-5-10-15/h3-11,18H,2,12-13H2,1H3. The average molecular weight is 253 g/mol. The predicted octanol–water partition coefficient (Wildman–Crippen LogP) is 3.93. The number of aryl methyl sites for hydroxylation is 1. The van der Waals surface area contributed by atoms with Crippen LogP contribution in [0.25, 0.3) is 0 Å². The Labute approximate surface area is 114 Å². The summed E-state index contributed by atoms with van der Waals surface area (Å²) in [5, 5.41) is 3.34. The number of ketones is 1. The maximum absolute atomic E-state index is 11.9. The summed E-state index contributed by atoms with van der Waals surface area (Å²) in [5.74, 6) is 0.182. The lowest BCUT2D eigenvalue weighted by Crippen LogP contribution is -2.09. The highest BCUT2D eigenvalue weighted by atomic mass is 16.1. The Morgan fingerprint density at radius 1 is 1.00 bits per heavy atom. The molecule has 2 rings (SSSR count). The zero-order valence-corrected chi connectivity index (χ0v) is 11.2. The van der Waals surface area contributed by atoms with Crippen LogP contribution in [-0.2, 0) is 6.42 Å². The first-order valence-electron chi connectivity index (χ1n) is 6.71. The van der Waals surface area contributed by atoms with Gasteiger partial charge < -0.3 is 5.32 Å². The van der Waals surface area contributed by atoms with Crippen molar-refractivity contribution >= 4 is 11.5 Å². The zero-order valence-electron chi connectivity index (χ0n) is 11.2. The van der Waals surface area contributed by atoms with Crippen LogP contribution in [0.1, 0.15) is 29.3 Å². The summed E-state index contributed by atoms with van der Waals surface area (Å²) in [6, 6.07) is 17.7. The molecule has 2 heteroatoms. The highest BCUT2D eigenvalue weighted by Gasteiger charge is 2.05. The van der Waals surface area contributed by atoms with E-state index in [1.807, 2.05) is 42.5 Å². The molecule has 0 fully saturated rings. The van der Waals surface area contributed by atoms with E-state index >= 15 is 0 Å². The first-order valence-corrected chi connectivity index (χ1v) is 6.71. The van der Waals surface area contributed by atoms with Gasteiger partial charge >= 0.3 is 0 Å². The van der Waals surface area contributed by atoms with Gasteiger partial charge in [-0.2, -0.15) is 0 Å². The molecule has 98 valence electrons. The summed E-state index contributed by atoms with van der Waals surface area (Å²) in [7, 11) is 0. The molecule has 2 aromatic carbocycles. The molecular formula is C17H19NO.